The van der Waals surface area contributed by atoms with Crippen LogP contribution in [0.4, 0.5) is 0 Å². The SMILES string of the molecule is CN(C)Cc1cccc(CCN=C=O)c1. The minimum atomic E-state index is 0.523. The van der Waals surface area contributed by atoms with Gasteiger partial charge in [0.15, 0.2) is 0 Å². The van der Waals surface area contributed by atoms with E-state index >= 15 is 0 Å². The first-order valence-corrected chi connectivity index (χ1v) is 4.98. The molecule has 1 rings (SSSR count). The molecule has 3 heteroatoms. The lowest BCUT2D eigenvalue weighted by Gasteiger charge is -2.10. The second-order valence-electron chi connectivity index (χ2n) is 3.78. The predicted molar refractivity (Wildman–Crippen MR) is 60.5 cm³/mol. The molecular weight excluding hydrogens is 188 g/mol. The van der Waals surface area contributed by atoms with Crippen molar-refractivity contribution < 1.29 is 4.79 Å². The highest BCUT2D eigenvalue weighted by atomic mass is 16.1. The van der Waals surface area contributed by atoms with Crippen LogP contribution in [0.1, 0.15) is 11.1 Å². The molecule has 0 saturated carbocycles. The molecule has 0 aliphatic carbocycles. The second-order valence-corrected chi connectivity index (χ2v) is 3.78. The maximum atomic E-state index is 9.91. The van der Waals surface area contributed by atoms with Crippen LogP contribution in [0.15, 0.2) is 29.3 Å². The summed E-state index contributed by atoms with van der Waals surface area (Å²) in [5, 5.41) is 0. The first-order valence-electron chi connectivity index (χ1n) is 4.98. The lowest BCUT2D eigenvalue weighted by Crippen LogP contribution is -2.10. The average Bonchev–Trinajstić information content (AvgIpc) is 2.18. The zero-order chi connectivity index (χ0) is 11.1. The van der Waals surface area contributed by atoms with E-state index in [4.69, 9.17) is 0 Å². The monoisotopic (exact) mass is 204 g/mol. The van der Waals surface area contributed by atoms with E-state index < -0.39 is 0 Å². The summed E-state index contributed by atoms with van der Waals surface area (Å²) in [5.41, 5.74) is 2.50. The van der Waals surface area contributed by atoms with Crippen LogP contribution < -0.4 is 0 Å². The summed E-state index contributed by atoms with van der Waals surface area (Å²) in [7, 11) is 4.09. The van der Waals surface area contributed by atoms with Crippen molar-refractivity contribution >= 4 is 6.08 Å². The highest BCUT2D eigenvalue weighted by molar-refractivity contribution is 5.33. The first kappa shape index (κ1) is 11.6. The number of carbonyl (C=O) groups excluding carboxylic acids is 1. The molecule has 1 aromatic rings. The first-order chi connectivity index (χ1) is 7.22. The van der Waals surface area contributed by atoms with E-state index in [1.54, 1.807) is 6.08 Å². The zero-order valence-electron chi connectivity index (χ0n) is 9.23. The van der Waals surface area contributed by atoms with Crippen molar-refractivity contribution in [1.29, 1.82) is 0 Å². The van der Waals surface area contributed by atoms with Crippen molar-refractivity contribution in [3.05, 3.63) is 35.4 Å². The Morgan fingerprint density at radius 1 is 1.33 bits per heavy atom. The summed E-state index contributed by atoms with van der Waals surface area (Å²) in [5.74, 6) is 0. The molecule has 0 amide bonds. The van der Waals surface area contributed by atoms with Crippen molar-refractivity contribution in [1.82, 2.24) is 4.90 Å². The summed E-state index contributed by atoms with van der Waals surface area (Å²) >= 11 is 0. The minimum Gasteiger partial charge on any atom is -0.305 e. The molecule has 80 valence electrons. The number of aliphatic imine (C=N–C) groups is 1. The van der Waals surface area contributed by atoms with Crippen LogP contribution in [0.3, 0.4) is 0 Å². The van der Waals surface area contributed by atoms with Gasteiger partial charge in [0.2, 0.25) is 6.08 Å². The smallest absolute Gasteiger partial charge is 0.234 e. The van der Waals surface area contributed by atoms with Crippen LogP contribution in [0.25, 0.3) is 0 Å². The number of nitrogens with zero attached hydrogens (tertiary/aromatic N) is 2. The van der Waals surface area contributed by atoms with Gasteiger partial charge in [0.25, 0.3) is 0 Å². The largest absolute Gasteiger partial charge is 0.305 e. The third-order valence-corrected chi connectivity index (χ3v) is 2.07. The van der Waals surface area contributed by atoms with Gasteiger partial charge in [-0.25, -0.2) is 9.79 Å². The number of benzene rings is 1. The van der Waals surface area contributed by atoms with Gasteiger partial charge in [-0.05, 0) is 31.6 Å². The standard InChI is InChI=1S/C12H16N2O/c1-14(2)9-12-5-3-4-11(8-12)6-7-13-10-15/h3-5,8H,6-7,9H2,1-2H3. The number of isocyanates is 1. The highest BCUT2D eigenvalue weighted by Gasteiger charge is 1.97. The zero-order valence-corrected chi connectivity index (χ0v) is 9.23. The predicted octanol–water partition coefficient (Wildman–Crippen LogP) is 1.63. The third-order valence-electron chi connectivity index (χ3n) is 2.07. The summed E-state index contributed by atoms with van der Waals surface area (Å²) < 4.78 is 0. The van der Waals surface area contributed by atoms with Crippen molar-refractivity contribution in [2.24, 2.45) is 4.99 Å². The molecule has 0 N–H and O–H groups in total. The average molecular weight is 204 g/mol. The van der Waals surface area contributed by atoms with E-state index in [0.29, 0.717) is 6.54 Å². The molecule has 3 nitrogen and oxygen atoms in total. The topological polar surface area (TPSA) is 32.7 Å². The van der Waals surface area contributed by atoms with Crippen molar-refractivity contribution in [2.75, 3.05) is 20.6 Å². The molecule has 0 saturated heterocycles. The van der Waals surface area contributed by atoms with Gasteiger partial charge in [-0.2, -0.15) is 0 Å². The summed E-state index contributed by atoms with van der Waals surface area (Å²) in [6, 6.07) is 8.35. The van der Waals surface area contributed by atoms with E-state index in [2.05, 4.69) is 28.1 Å². The van der Waals surface area contributed by atoms with E-state index in [1.807, 2.05) is 20.2 Å². The van der Waals surface area contributed by atoms with Crippen LogP contribution in [-0.4, -0.2) is 31.6 Å². The van der Waals surface area contributed by atoms with Gasteiger partial charge in [0.1, 0.15) is 0 Å². The molecule has 0 radical (unpaired) electrons. The van der Waals surface area contributed by atoms with Gasteiger partial charge in [0.05, 0.1) is 6.54 Å². The Bertz CT molecular complexity index is 354. The number of rotatable bonds is 5. The molecule has 0 spiro atoms. The fraction of sp³-hybridized carbons (Fsp3) is 0.417. The van der Waals surface area contributed by atoms with E-state index in [1.165, 1.54) is 11.1 Å². The van der Waals surface area contributed by atoms with Gasteiger partial charge in [-0.15, -0.1) is 0 Å². The molecule has 0 aliphatic heterocycles. The normalized spacial score (nSPS) is 10.1. The fourth-order valence-corrected chi connectivity index (χ4v) is 1.48. The lowest BCUT2D eigenvalue weighted by atomic mass is 10.1. The second kappa shape index (κ2) is 6.12. The molecule has 0 bridgehead atoms. The van der Waals surface area contributed by atoms with E-state index in [-0.39, 0.29) is 0 Å². The van der Waals surface area contributed by atoms with Gasteiger partial charge >= 0.3 is 0 Å². The van der Waals surface area contributed by atoms with Crippen LogP contribution in [-0.2, 0) is 17.8 Å². The highest BCUT2D eigenvalue weighted by Crippen LogP contribution is 2.07. The Hall–Kier alpha value is -1.44. The Morgan fingerprint density at radius 3 is 2.73 bits per heavy atom. The molecule has 15 heavy (non-hydrogen) atoms. The van der Waals surface area contributed by atoms with Crippen LogP contribution in [0.5, 0.6) is 0 Å². The van der Waals surface area contributed by atoms with Gasteiger partial charge in [0, 0.05) is 6.54 Å². The van der Waals surface area contributed by atoms with Gasteiger partial charge < -0.3 is 4.90 Å². The Kier molecular flexibility index (Phi) is 4.75. The lowest BCUT2D eigenvalue weighted by molar-refractivity contribution is 0.402. The summed E-state index contributed by atoms with van der Waals surface area (Å²) in [4.78, 5) is 15.6. The summed E-state index contributed by atoms with van der Waals surface area (Å²) in [6.45, 7) is 1.46. The van der Waals surface area contributed by atoms with Crippen molar-refractivity contribution in [3.8, 4) is 0 Å². The van der Waals surface area contributed by atoms with Gasteiger partial charge in [-0.1, -0.05) is 24.3 Å². The molecule has 0 aromatic heterocycles. The Labute approximate surface area is 90.4 Å². The Balaban J connectivity index is 2.61. The van der Waals surface area contributed by atoms with Gasteiger partial charge in [-0.3, -0.25) is 0 Å². The quantitative estimate of drug-likeness (QED) is 0.539. The van der Waals surface area contributed by atoms with Crippen LogP contribution in [0, 0.1) is 0 Å². The van der Waals surface area contributed by atoms with Crippen LogP contribution in [0.2, 0.25) is 0 Å². The maximum absolute atomic E-state index is 9.91. The molecule has 0 unspecified atom stereocenters. The molecule has 1 aromatic carbocycles. The molecule has 0 aliphatic rings. The number of hydrogen-bond donors (Lipinski definition) is 0. The molecule has 0 heterocycles. The number of hydrogen-bond acceptors (Lipinski definition) is 3. The molecular formula is C12H16N2O. The fourth-order valence-electron chi connectivity index (χ4n) is 1.48. The van der Waals surface area contributed by atoms with Crippen molar-refractivity contribution in [3.63, 3.8) is 0 Å². The Morgan fingerprint density at radius 2 is 2.07 bits per heavy atom. The van der Waals surface area contributed by atoms with Crippen molar-refractivity contribution in [2.45, 2.75) is 13.0 Å². The molecule has 0 atom stereocenters. The summed E-state index contributed by atoms with van der Waals surface area (Å²) in [6.07, 6.45) is 2.35. The van der Waals surface area contributed by atoms with E-state index in [0.717, 1.165) is 13.0 Å². The third kappa shape index (κ3) is 4.54. The van der Waals surface area contributed by atoms with E-state index in [9.17, 15) is 4.79 Å². The molecule has 0 fully saturated rings. The maximum Gasteiger partial charge on any atom is 0.234 e. The minimum absolute atomic E-state index is 0.523. The van der Waals surface area contributed by atoms with Crippen LogP contribution >= 0.6 is 0 Å².